The van der Waals surface area contributed by atoms with Crippen LogP contribution in [0.15, 0.2) is 0 Å². The molecule has 5 heteroatoms. The number of carboxylic acid groups (broad SMARTS) is 1. The first-order chi connectivity index (χ1) is 7.51. The molecule has 16 heavy (non-hydrogen) atoms. The third-order valence-corrected chi connectivity index (χ3v) is 2.38. The maximum absolute atomic E-state index is 11.8. The lowest BCUT2D eigenvalue weighted by molar-refractivity contribution is -0.144. The van der Waals surface area contributed by atoms with Gasteiger partial charge >= 0.3 is 5.97 Å². The van der Waals surface area contributed by atoms with E-state index < -0.39 is 5.97 Å². The van der Waals surface area contributed by atoms with Crippen LogP contribution < -0.4 is 5.73 Å². The van der Waals surface area contributed by atoms with Crippen molar-refractivity contribution in [3.8, 4) is 0 Å². The standard InChI is InChI=1S/C11H22N2O3/c1-3-4-9(2)7-10(14)13(6-5-12)8-11(15)16/h9H,3-8,12H2,1-2H3,(H,15,16). The van der Waals surface area contributed by atoms with E-state index in [-0.39, 0.29) is 12.5 Å². The Kier molecular flexibility index (Phi) is 7.54. The number of rotatable bonds is 8. The van der Waals surface area contributed by atoms with Gasteiger partial charge in [0.2, 0.25) is 5.91 Å². The molecule has 0 aromatic rings. The van der Waals surface area contributed by atoms with Crippen molar-refractivity contribution < 1.29 is 14.7 Å². The molecule has 1 amide bonds. The van der Waals surface area contributed by atoms with Crippen LogP contribution in [0.1, 0.15) is 33.1 Å². The molecule has 0 bridgehead atoms. The molecule has 0 saturated carbocycles. The number of carbonyl (C=O) groups is 2. The van der Waals surface area contributed by atoms with Gasteiger partial charge in [-0.3, -0.25) is 9.59 Å². The molecule has 1 unspecified atom stereocenters. The number of hydrogen-bond donors (Lipinski definition) is 2. The number of hydrogen-bond acceptors (Lipinski definition) is 3. The molecule has 0 aliphatic rings. The number of carboxylic acids is 1. The second-order valence-corrected chi connectivity index (χ2v) is 4.10. The van der Waals surface area contributed by atoms with Gasteiger partial charge in [-0.1, -0.05) is 26.7 Å². The van der Waals surface area contributed by atoms with E-state index in [1.165, 1.54) is 4.90 Å². The van der Waals surface area contributed by atoms with Gasteiger partial charge in [-0.2, -0.15) is 0 Å². The average molecular weight is 230 g/mol. The van der Waals surface area contributed by atoms with E-state index in [4.69, 9.17) is 10.8 Å². The monoisotopic (exact) mass is 230 g/mol. The lowest BCUT2D eigenvalue weighted by atomic mass is 10.0. The van der Waals surface area contributed by atoms with E-state index >= 15 is 0 Å². The number of aliphatic carboxylic acids is 1. The quantitative estimate of drug-likeness (QED) is 0.642. The Morgan fingerprint density at radius 3 is 2.50 bits per heavy atom. The van der Waals surface area contributed by atoms with Gasteiger partial charge in [0.1, 0.15) is 6.54 Å². The van der Waals surface area contributed by atoms with Gasteiger partial charge < -0.3 is 15.7 Å². The fourth-order valence-electron chi connectivity index (χ4n) is 1.63. The van der Waals surface area contributed by atoms with Gasteiger partial charge in [0.15, 0.2) is 0 Å². The Balaban J connectivity index is 4.20. The van der Waals surface area contributed by atoms with Crippen LogP contribution in [0.2, 0.25) is 0 Å². The Hall–Kier alpha value is -1.10. The summed E-state index contributed by atoms with van der Waals surface area (Å²) in [5, 5.41) is 8.66. The van der Waals surface area contributed by atoms with Crippen LogP contribution in [0.3, 0.4) is 0 Å². The van der Waals surface area contributed by atoms with E-state index in [0.717, 1.165) is 12.8 Å². The largest absolute Gasteiger partial charge is 0.480 e. The third kappa shape index (κ3) is 6.40. The van der Waals surface area contributed by atoms with Gasteiger partial charge in [-0.05, 0) is 5.92 Å². The number of carbonyl (C=O) groups excluding carboxylic acids is 1. The highest BCUT2D eigenvalue weighted by Gasteiger charge is 2.17. The summed E-state index contributed by atoms with van der Waals surface area (Å²) in [5.74, 6) is -0.815. The summed E-state index contributed by atoms with van der Waals surface area (Å²) in [6.07, 6.45) is 2.42. The summed E-state index contributed by atoms with van der Waals surface area (Å²) in [4.78, 5) is 23.6. The average Bonchev–Trinajstić information content (AvgIpc) is 2.16. The van der Waals surface area contributed by atoms with Crippen LogP contribution in [0, 0.1) is 5.92 Å². The van der Waals surface area contributed by atoms with Gasteiger partial charge in [-0.15, -0.1) is 0 Å². The van der Waals surface area contributed by atoms with Crippen LogP contribution in [-0.4, -0.2) is 41.5 Å². The molecular formula is C11H22N2O3. The zero-order valence-electron chi connectivity index (χ0n) is 10.1. The van der Waals surface area contributed by atoms with Crippen molar-refractivity contribution in [2.75, 3.05) is 19.6 Å². The predicted molar refractivity (Wildman–Crippen MR) is 62.0 cm³/mol. The first kappa shape index (κ1) is 14.9. The maximum Gasteiger partial charge on any atom is 0.323 e. The Morgan fingerprint density at radius 1 is 1.44 bits per heavy atom. The van der Waals surface area contributed by atoms with Gasteiger partial charge in [-0.25, -0.2) is 0 Å². The molecule has 0 saturated heterocycles. The minimum Gasteiger partial charge on any atom is -0.480 e. The van der Waals surface area contributed by atoms with E-state index in [9.17, 15) is 9.59 Å². The van der Waals surface area contributed by atoms with Gasteiger partial charge in [0.05, 0.1) is 0 Å². The molecule has 0 fully saturated rings. The van der Waals surface area contributed by atoms with Crippen molar-refractivity contribution in [1.29, 1.82) is 0 Å². The highest BCUT2D eigenvalue weighted by Crippen LogP contribution is 2.11. The zero-order chi connectivity index (χ0) is 12.6. The van der Waals surface area contributed by atoms with Crippen molar-refractivity contribution in [1.82, 2.24) is 4.90 Å². The van der Waals surface area contributed by atoms with Crippen LogP contribution >= 0.6 is 0 Å². The van der Waals surface area contributed by atoms with Crippen LogP contribution in [0.4, 0.5) is 0 Å². The second-order valence-electron chi connectivity index (χ2n) is 4.10. The minimum atomic E-state index is -0.995. The summed E-state index contributed by atoms with van der Waals surface area (Å²) in [7, 11) is 0. The lowest BCUT2D eigenvalue weighted by Gasteiger charge is -2.21. The molecule has 0 aliphatic heterocycles. The van der Waals surface area contributed by atoms with Crippen molar-refractivity contribution in [2.24, 2.45) is 11.7 Å². The van der Waals surface area contributed by atoms with Crippen molar-refractivity contribution in [2.45, 2.75) is 33.1 Å². The smallest absolute Gasteiger partial charge is 0.323 e. The summed E-state index contributed by atoms with van der Waals surface area (Å²) >= 11 is 0. The summed E-state index contributed by atoms with van der Waals surface area (Å²) in [6, 6.07) is 0. The molecule has 0 aromatic carbocycles. The fraction of sp³-hybridized carbons (Fsp3) is 0.818. The summed E-state index contributed by atoms with van der Waals surface area (Å²) in [5.41, 5.74) is 5.35. The maximum atomic E-state index is 11.8. The number of nitrogens with two attached hydrogens (primary N) is 1. The first-order valence-corrected chi connectivity index (χ1v) is 5.70. The van der Waals surface area contributed by atoms with Crippen molar-refractivity contribution in [3.05, 3.63) is 0 Å². The van der Waals surface area contributed by atoms with E-state index in [1.807, 2.05) is 6.92 Å². The molecule has 0 aliphatic carbocycles. The van der Waals surface area contributed by atoms with E-state index in [1.54, 1.807) is 0 Å². The summed E-state index contributed by atoms with van der Waals surface area (Å²) in [6.45, 7) is 4.42. The second kappa shape index (κ2) is 8.10. The molecule has 94 valence electrons. The van der Waals surface area contributed by atoms with Crippen LogP contribution in [0.5, 0.6) is 0 Å². The molecule has 5 nitrogen and oxygen atoms in total. The number of amides is 1. The molecule has 0 spiro atoms. The van der Waals surface area contributed by atoms with E-state index in [0.29, 0.717) is 25.4 Å². The SMILES string of the molecule is CCCC(C)CC(=O)N(CCN)CC(=O)O. The van der Waals surface area contributed by atoms with Crippen LogP contribution in [0.25, 0.3) is 0 Å². The normalized spacial score (nSPS) is 12.2. The van der Waals surface area contributed by atoms with Crippen molar-refractivity contribution >= 4 is 11.9 Å². The number of nitrogens with zero attached hydrogens (tertiary/aromatic N) is 1. The first-order valence-electron chi connectivity index (χ1n) is 5.70. The minimum absolute atomic E-state index is 0.117. The van der Waals surface area contributed by atoms with Gasteiger partial charge in [0, 0.05) is 19.5 Å². The lowest BCUT2D eigenvalue weighted by Crippen LogP contribution is -2.39. The topological polar surface area (TPSA) is 83.6 Å². The highest BCUT2D eigenvalue weighted by atomic mass is 16.4. The molecule has 0 aromatic heterocycles. The highest BCUT2D eigenvalue weighted by molar-refractivity contribution is 5.81. The zero-order valence-corrected chi connectivity index (χ0v) is 10.1. The van der Waals surface area contributed by atoms with Crippen molar-refractivity contribution in [3.63, 3.8) is 0 Å². The molecule has 0 rings (SSSR count). The molecule has 3 N–H and O–H groups in total. The summed E-state index contributed by atoms with van der Waals surface area (Å²) < 4.78 is 0. The Bertz CT molecular complexity index is 231. The molecule has 0 heterocycles. The third-order valence-electron chi connectivity index (χ3n) is 2.38. The molecule has 1 atom stereocenters. The van der Waals surface area contributed by atoms with Gasteiger partial charge in [0.25, 0.3) is 0 Å². The molecule has 0 radical (unpaired) electrons. The predicted octanol–water partition coefficient (Wildman–Crippen LogP) is 0.685. The Labute approximate surface area is 96.6 Å². The van der Waals surface area contributed by atoms with E-state index in [2.05, 4.69) is 6.92 Å². The fourth-order valence-corrected chi connectivity index (χ4v) is 1.63. The molecular weight excluding hydrogens is 208 g/mol. The van der Waals surface area contributed by atoms with Crippen LogP contribution in [-0.2, 0) is 9.59 Å². The Morgan fingerprint density at radius 2 is 2.06 bits per heavy atom.